The van der Waals surface area contributed by atoms with Crippen LogP contribution in [-0.4, -0.2) is 110 Å². The molecule has 148 valence electrons. The number of nitrogens with one attached hydrogen (secondary N) is 1. The van der Waals surface area contributed by atoms with E-state index in [-0.39, 0.29) is 11.8 Å². The van der Waals surface area contributed by atoms with Gasteiger partial charge in [0.15, 0.2) is 0 Å². The highest BCUT2D eigenvalue weighted by Gasteiger charge is 2.34. The first kappa shape index (κ1) is 19.6. The van der Waals surface area contributed by atoms with Crippen molar-refractivity contribution in [2.45, 2.75) is 31.7 Å². The number of carbonyl (C=O) groups excluding carboxylic acids is 2. The molecule has 1 atom stereocenters. The number of carbonyl (C=O) groups is 2. The molecule has 3 saturated heterocycles. The van der Waals surface area contributed by atoms with Crippen molar-refractivity contribution in [3.05, 3.63) is 0 Å². The van der Waals surface area contributed by atoms with Crippen LogP contribution >= 0.6 is 0 Å². The van der Waals surface area contributed by atoms with Crippen LogP contribution in [0.25, 0.3) is 0 Å². The van der Waals surface area contributed by atoms with Crippen LogP contribution in [0.4, 0.5) is 0 Å². The van der Waals surface area contributed by atoms with Gasteiger partial charge in [0.05, 0.1) is 12.5 Å². The van der Waals surface area contributed by atoms with Crippen LogP contribution in [0.15, 0.2) is 0 Å². The number of piperidine rings is 2. The summed E-state index contributed by atoms with van der Waals surface area (Å²) in [6.45, 7) is 7.84. The fraction of sp³-hybridized carbons (Fsp3) is 0.895. The average Bonchev–Trinajstić information content (AvgIpc) is 2.68. The fourth-order valence-corrected chi connectivity index (χ4v) is 4.57. The molecule has 3 aliphatic heterocycles. The van der Waals surface area contributed by atoms with E-state index in [1.54, 1.807) is 0 Å². The Morgan fingerprint density at radius 1 is 0.923 bits per heavy atom. The van der Waals surface area contributed by atoms with E-state index in [0.717, 1.165) is 78.0 Å². The molecule has 0 aromatic rings. The van der Waals surface area contributed by atoms with Crippen molar-refractivity contribution >= 4 is 11.8 Å². The number of hydrogen-bond acceptors (Lipinski definition) is 5. The SMILES string of the molecule is CNCC(=O)N1CCC(N2CCC[C@@H](C(=O)N3CCN(C)CC3)C2)CC1. The Bertz CT molecular complexity index is 484. The molecule has 0 saturated carbocycles. The summed E-state index contributed by atoms with van der Waals surface area (Å²) in [7, 11) is 3.94. The van der Waals surface area contributed by atoms with Gasteiger partial charge in [-0.3, -0.25) is 14.5 Å². The summed E-state index contributed by atoms with van der Waals surface area (Å²) in [6.07, 6.45) is 4.21. The Hall–Kier alpha value is -1.18. The molecule has 3 aliphatic rings. The Labute approximate surface area is 157 Å². The van der Waals surface area contributed by atoms with E-state index >= 15 is 0 Å². The van der Waals surface area contributed by atoms with Crippen molar-refractivity contribution in [1.82, 2.24) is 24.9 Å². The van der Waals surface area contributed by atoms with Gasteiger partial charge in [-0.25, -0.2) is 0 Å². The van der Waals surface area contributed by atoms with Crippen LogP contribution in [-0.2, 0) is 9.59 Å². The van der Waals surface area contributed by atoms with E-state index in [0.29, 0.717) is 18.5 Å². The van der Waals surface area contributed by atoms with Crippen LogP contribution in [0.5, 0.6) is 0 Å². The molecule has 0 spiro atoms. The normalized spacial score (nSPS) is 26.9. The smallest absolute Gasteiger partial charge is 0.236 e. The van der Waals surface area contributed by atoms with Gasteiger partial charge in [-0.15, -0.1) is 0 Å². The lowest BCUT2D eigenvalue weighted by molar-refractivity contribution is -0.139. The maximum Gasteiger partial charge on any atom is 0.236 e. The molecule has 26 heavy (non-hydrogen) atoms. The predicted molar refractivity (Wildman–Crippen MR) is 102 cm³/mol. The van der Waals surface area contributed by atoms with Gasteiger partial charge in [0.2, 0.25) is 11.8 Å². The molecule has 0 unspecified atom stereocenters. The predicted octanol–water partition coefficient (Wildman–Crippen LogP) is -0.317. The quantitative estimate of drug-likeness (QED) is 0.740. The van der Waals surface area contributed by atoms with Gasteiger partial charge in [0, 0.05) is 51.9 Å². The Morgan fingerprint density at radius 3 is 2.27 bits per heavy atom. The summed E-state index contributed by atoms with van der Waals surface area (Å²) in [6, 6.07) is 0.525. The van der Waals surface area contributed by atoms with Crippen LogP contribution in [0.3, 0.4) is 0 Å². The molecule has 3 heterocycles. The average molecular weight is 366 g/mol. The lowest BCUT2D eigenvalue weighted by Crippen LogP contribution is -2.54. The van der Waals surface area contributed by atoms with Gasteiger partial charge in [-0.1, -0.05) is 0 Å². The molecular weight excluding hydrogens is 330 g/mol. The topological polar surface area (TPSA) is 59.1 Å². The molecule has 0 aliphatic carbocycles. The molecule has 7 heteroatoms. The Kier molecular flexibility index (Phi) is 6.89. The number of likely N-dealkylation sites (N-methyl/N-ethyl adjacent to an activating group) is 2. The number of rotatable bonds is 4. The maximum absolute atomic E-state index is 12.9. The van der Waals surface area contributed by atoms with Gasteiger partial charge in [0.25, 0.3) is 0 Å². The van der Waals surface area contributed by atoms with E-state index in [1.165, 1.54) is 0 Å². The summed E-state index contributed by atoms with van der Waals surface area (Å²) in [5.74, 6) is 0.730. The number of piperazine rings is 1. The van der Waals surface area contributed by atoms with Crippen molar-refractivity contribution in [3.8, 4) is 0 Å². The van der Waals surface area contributed by atoms with Crippen molar-refractivity contribution in [2.75, 3.05) is 73.0 Å². The van der Waals surface area contributed by atoms with Crippen molar-refractivity contribution in [3.63, 3.8) is 0 Å². The molecular formula is C19H35N5O2. The summed E-state index contributed by atoms with van der Waals surface area (Å²) in [5, 5.41) is 2.94. The van der Waals surface area contributed by atoms with Crippen LogP contribution in [0, 0.1) is 5.92 Å². The second-order valence-electron chi connectivity index (χ2n) is 8.10. The zero-order chi connectivity index (χ0) is 18.5. The number of likely N-dealkylation sites (tertiary alicyclic amines) is 2. The van der Waals surface area contributed by atoms with Crippen LogP contribution < -0.4 is 5.32 Å². The molecule has 0 bridgehead atoms. The molecule has 3 fully saturated rings. The van der Waals surface area contributed by atoms with Gasteiger partial charge in [-0.2, -0.15) is 0 Å². The molecule has 0 radical (unpaired) electrons. The van der Waals surface area contributed by atoms with E-state index in [9.17, 15) is 9.59 Å². The first-order valence-corrected chi connectivity index (χ1v) is 10.2. The van der Waals surface area contributed by atoms with Crippen LogP contribution in [0.2, 0.25) is 0 Å². The summed E-state index contributed by atoms with van der Waals surface area (Å²) in [5.41, 5.74) is 0. The second-order valence-corrected chi connectivity index (χ2v) is 8.10. The molecule has 2 amide bonds. The van der Waals surface area contributed by atoms with Gasteiger partial charge in [-0.05, 0) is 46.3 Å². The van der Waals surface area contributed by atoms with E-state index in [1.807, 2.05) is 11.9 Å². The number of hydrogen-bond donors (Lipinski definition) is 1. The third-order valence-electron chi connectivity index (χ3n) is 6.28. The summed E-state index contributed by atoms with van der Waals surface area (Å²) in [4.78, 5) is 33.8. The van der Waals surface area contributed by atoms with E-state index < -0.39 is 0 Å². The molecule has 0 aromatic heterocycles. The van der Waals surface area contributed by atoms with E-state index in [4.69, 9.17) is 0 Å². The van der Waals surface area contributed by atoms with Crippen molar-refractivity contribution in [1.29, 1.82) is 0 Å². The highest BCUT2D eigenvalue weighted by Crippen LogP contribution is 2.25. The number of amides is 2. The van der Waals surface area contributed by atoms with Gasteiger partial charge < -0.3 is 20.0 Å². The second kappa shape index (κ2) is 9.15. The highest BCUT2D eigenvalue weighted by molar-refractivity contribution is 5.79. The van der Waals surface area contributed by atoms with Gasteiger partial charge >= 0.3 is 0 Å². The zero-order valence-electron chi connectivity index (χ0n) is 16.5. The molecule has 1 N–H and O–H groups in total. The highest BCUT2D eigenvalue weighted by atomic mass is 16.2. The first-order valence-electron chi connectivity index (χ1n) is 10.2. The third-order valence-corrected chi connectivity index (χ3v) is 6.28. The Morgan fingerprint density at radius 2 is 1.62 bits per heavy atom. The summed E-state index contributed by atoms with van der Waals surface area (Å²) < 4.78 is 0. The maximum atomic E-state index is 12.9. The Balaban J connectivity index is 1.48. The van der Waals surface area contributed by atoms with Crippen molar-refractivity contribution < 1.29 is 9.59 Å². The lowest BCUT2D eigenvalue weighted by atomic mass is 9.92. The fourth-order valence-electron chi connectivity index (χ4n) is 4.57. The van der Waals surface area contributed by atoms with Crippen molar-refractivity contribution in [2.24, 2.45) is 5.92 Å². The monoisotopic (exact) mass is 365 g/mol. The minimum atomic E-state index is 0.163. The third kappa shape index (κ3) is 4.75. The van der Waals surface area contributed by atoms with Crippen LogP contribution in [0.1, 0.15) is 25.7 Å². The molecule has 0 aromatic carbocycles. The first-order chi connectivity index (χ1) is 12.6. The largest absolute Gasteiger partial charge is 0.341 e. The molecule has 7 nitrogen and oxygen atoms in total. The lowest BCUT2D eigenvalue weighted by Gasteiger charge is -2.43. The van der Waals surface area contributed by atoms with Gasteiger partial charge in [0.1, 0.15) is 0 Å². The van der Waals surface area contributed by atoms with E-state index in [2.05, 4.69) is 27.1 Å². The number of nitrogens with zero attached hydrogens (tertiary/aromatic N) is 4. The minimum absolute atomic E-state index is 0.163. The zero-order valence-corrected chi connectivity index (χ0v) is 16.5. The minimum Gasteiger partial charge on any atom is -0.341 e. The summed E-state index contributed by atoms with van der Waals surface area (Å²) >= 11 is 0. The standard InChI is InChI=1S/C19H35N5O2/c1-20-14-18(25)22-8-5-17(6-9-22)24-7-3-4-16(15-24)19(26)23-12-10-21(2)11-13-23/h16-17,20H,3-15H2,1-2H3/t16-/m1/s1. The molecule has 3 rings (SSSR count).